The Morgan fingerprint density at radius 1 is 1.08 bits per heavy atom. The lowest BCUT2D eigenvalue weighted by molar-refractivity contribution is -0.0837. The monoisotopic (exact) mass is 512 g/mol. The van der Waals surface area contributed by atoms with Gasteiger partial charge in [0, 0.05) is 32.4 Å². The van der Waals surface area contributed by atoms with E-state index in [1.165, 1.54) is 6.33 Å². The summed E-state index contributed by atoms with van der Waals surface area (Å²) in [5, 5.41) is 3.38. The molecule has 1 saturated heterocycles. The van der Waals surface area contributed by atoms with Crippen LogP contribution in [0.25, 0.3) is 22.1 Å². The van der Waals surface area contributed by atoms with Gasteiger partial charge in [-0.15, -0.1) is 0 Å². The Labute approximate surface area is 219 Å². The number of nitrogens with zero attached hydrogens (tertiary/aromatic N) is 7. The number of fused-ring (bicyclic) bond motifs is 2. The molecule has 1 N–H and O–H groups in total. The minimum Gasteiger partial charge on any atom is -0.457 e. The highest BCUT2D eigenvalue weighted by Crippen LogP contribution is 2.31. The van der Waals surface area contributed by atoms with E-state index in [1.807, 2.05) is 66.9 Å². The molecule has 1 aliphatic heterocycles. The Hall–Kier alpha value is -4.35. The van der Waals surface area contributed by atoms with Crippen LogP contribution in [0.15, 0.2) is 55.2 Å². The third kappa shape index (κ3) is 4.93. The average molecular weight is 513 g/mol. The number of imidazole rings is 1. The highest BCUT2D eigenvalue weighted by molar-refractivity contribution is 5.87. The third-order valence-corrected chi connectivity index (χ3v) is 6.43. The number of anilines is 3. The van der Waals surface area contributed by atoms with Crippen LogP contribution in [0, 0.1) is 6.92 Å². The summed E-state index contributed by atoms with van der Waals surface area (Å²) in [5.41, 5.74) is 5.06. The molecule has 0 saturated carbocycles. The van der Waals surface area contributed by atoms with Crippen LogP contribution >= 0.6 is 0 Å². The van der Waals surface area contributed by atoms with E-state index in [0.717, 1.165) is 33.8 Å². The summed E-state index contributed by atoms with van der Waals surface area (Å²) in [6, 6.07) is 11.8. The maximum Gasteiger partial charge on any atom is 0.225 e. The number of hydrogen-bond donors (Lipinski definition) is 1. The first-order chi connectivity index (χ1) is 18.5. The molecular formula is C27H28N8O3. The van der Waals surface area contributed by atoms with Crippen molar-refractivity contribution in [2.75, 3.05) is 43.6 Å². The van der Waals surface area contributed by atoms with E-state index >= 15 is 0 Å². The van der Waals surface area contributed by atoms with Crippen molar-refractivity contribution >= 4 is 39.5 Å². The predicted octanol–water partition coefficient (Wildman–Crippen LogP) is 4.00. The van der Waals surface area contributed by atoms with Crippen molar-refractivity contribution in [2.45, 2.75) is 13.0 Å². The summed E-state index contributed by atoms with van der Waals surface area (Å²) < 4.78 is 19.4. The number of aryl methyl sites for hydroxylation is 2. The molecule has 1 aliphatic rings. The molecular weight excluding hydrogens is 484 g/mol. The number of hydrogen-bond acceptors (Lipinski definition) is 10. The summed E-state index contributed by atoms with van der Waals surface area (Å²) >= 11 is 0. The van der Waals surface area contributed by atoms with E-state index < -0.39 is 0 Å². The molecule has 0 radical (unpaired) electrons. The smallest absolute Gasteiger partial charge is 0.225 e. The average Bonchev–Trinajstić information content (AvgIpc) is 3.30. The SMILES string of the molecule is Cc1cc(Nc2ncnc3cnc(N(C)C[C@H]4COCCO4)nc23)ccc1Oc1ccc2c(c1)ncn2C. The van der Waals surface area contributed by atoms with E-state index in [-0.39, 0.29) is 6.10 Å². The van der Waals surface area contributed by atoms with Crippen molar-refractivity contribution in [1.29, 1.82) is 0 Å². The van der Waals surface area contributed by atoms with Gasteiger partial charge in [0.1, 0.15) is 28.9 Å². The summed E-state index contributed by atoms with van der Waals surface area (Å²) in [4.78, 5) is 24.4. The first-order valence-corrected chi connectivity index (χ1v) is 12.4. The van der Waals surface area contributed by atoms with Crippen LogP contribution in [-0.4, -0.2) is 69.0 Å². The molecule has 1 fully saturated rings. The third-order valence-electron chi connectivity index (χ3n) is 6.43. The number of ether oxygens (including phenoxy) is 3. The number of aromatic nitrogens is 6. The Bertz CT molecular complexity index is 1600. The van der Waals surface area contributed by atoms with Crippen molar-refractivity contribution in [3.8, 4) is 11.5 Å². The molecule has 194 valence electrons. The van der Waals surface area contributed by atoms with Crippen LogP contribution in [0.2, 0.25) is 0 Å². The van der Waals surface area contributed by atoms with Crippen LogP contribution in [0.1, 0.15) is 5.56 Å². The van der Waals surface area contributed by atoms with E-state index in [0.29, 0.717) is 49.2 Å². The Balaban J connectivity index is 1.21. The van der Waals surface area contributed by atoms with E-state index in [9.17, 15) is 0 Å². The van der Waals surface area contributed by atoms with Crippen LogP contribution in [0.4, 0.5) is 17.5 Å². The topological polar surface area (TPSA) is 112 Å². The molecule has 0 spiro atoms. The predicted molar refractivity (Wildman–Crippen MR) is 144 cm³/mol. The second-order valence-corrected chi connectivity index (χ2v) is 9.29. The summed E-state index contributed by atoms with van der Waals surface area (Å²) in [6.45, 7) is 4.42. The van der Waals surface area contributed by atoms with Crippen molar-refractivity contribution in [2.24, 2.45) is 7.05 Å². The van der Waals surface area contributed by atoms with Gasteiger partial charge in [0.05, 0.1) is 49.5 Å². The van der Waals surface area contributed by atoms with Gasteiger partial charge in [-0.3, -0.25) is 0 Å². The van der Waals surface area contributed by atoms with Gasteiger partial charge in [-0.25, -0.2) is 24.9 Å². The highest BCUT2D eigenvalue weighted by Gasteiger charge is 2.19. The summed E-state index contributed by atoms with van der Waals surface area (Å²) in [6.07, 6.45) is 4.98. The van der Waals surface area contributed by atoms with Crippen LogP contribution in [0.5, 0.6) is 11.5 Å². The zero-order valence-electron chi connectivity index (χ0n) is 21.5. The van der Waals surface area contributed by atoms with Gasteiger partial charge in [-0.05, 0) is 42.8 Å². The first-order valence-electron chi connectivity index (χ1n) is 12.4. The van der Waals surface area contributed by atoms with E-state index in [1.54, 1.807) is 12.5 Å². The molecule has 6 rings (SSSR count). The van der Waals surface area contributed by atoms with Gasteiger partial charge in [-0.2, -0.15) is 0 Å². The maximum absolute atomic E-state index is 6.16. The first kappa shape index (κ1) is 24.0. The number of benzene rings is 2. The Morgan fingerprint density at radius 2 is 2.00 bits per heavy atom. The largest absolute Gasteiger partial charge is 0.457 e. The molecule has 11 heteroatoms. The second-order valence-electron chi connectivity index (χ2n) is 9.29. The van der Waals surface area contributed by atoms with Crippen molar-refractivity contribution in [1.82, 2.24) is 29.5 Å². The normalized spacial score (nSPS) is 15.6. The molecule has 3 aromatic heterocycles. The van der Waals surface area contributed by atoms with Gasteiger partial charge in [-0.1, -0.05) is 0 Å². The van der Waals surface area contributed by atoms with Gasteiger partial charge < -0.3 is 29.0 Å². The van der Waals surface area contributed by atoms with Crippen LogP contribution in [0.3, 0.4) is 0 Å². The number of likely N-dealkylation sites (N-methyl/N-ethyl adjacent to an activating group) is 1. The van der Waals surface area contributed by atoms with Crippen molar-refractivity contribution < 1.29 is 14.2 Å². The minimum absolute atomic E-state index is 0.0211. The number of nitrogens with one attached hydrogen (secondary N) is 1. The molecule has 38 heavy (non-hydrogen) atoms. The van der Waals surface area contributed by atoms with Crippen molar-refractivity contribution in [3.63, 3.8) is 0 Å². The fraction of sp³-hybridized carbons (Fsp3) is 0.296. The lowest BCUT2D eigenvalue weighted by Gasteiger charge is -2.27. The maximum atomic E-state index is 6.16. The van der Waals surface area contributed by atoms with E-state index in [2.05, 4.69) is 25.3 Å². The molecule has 4 heterocycles. The Morgan fingerprint density at radius 3 is 2.84 bits per heavy atom. The second kappa shape index (κ2) is 10.2. The lowest BCUT2D eigenvalue weighted by atomic mass is 10.2. The summed E-state index contributed by atoms with van der Waals surface area (Å²) in [7, 11) is 3.91. The lowest BCUT2D eigenvalue weighted by Crippen LogP contribution is -2.39. The summed E-state index contributed by atoms with van der Waals surface area (Å²) in [5.74, 6) is 2.66. The Kier molecular flexibility index (Phi) is 6.44. The zero-order valence-corrected chi connectivity index (χ0v) is 21.5. The molecule has 1 atom stereocenters. The zero-order chi connectivity index (χ0) is 26.1. The highest BCUT2D eigenvalue weighted by atomic mass is 16.6. The van der Waals surface area contributed by atoms with Gasteiger partial charge >= 0.3 is 0 Å². The van der Waals surface area contributed by atoms with Gasteiger partial charge in [0.15, 0.2) is 5.82 Å². The molecule has 0 amide bonds. The standard InChI is InChI=1S/C27H28N8O3/c1-17-10-18(4-7-24(17)38-19-5-6-23-21(11-19)31-16-35(23)3)32-26-25-22(29-15-30-26)12-28-27(33-25)34(2)13-20-14-36-8-9-37-20/h4-7,10-12,15-16,20H,8-9,13-14H2,1-3H3,(H,29,30,32)/t20-/m0/s1. The van der Waals surface area contributed by atoms with Crippen LogP contribution in [-0.2, 0) is 16.5 Å². The quantitative estimate of drug-likeness (QED) is 0.343. The molecule has 0 aliphatic carbocycles. The fourth-order valence-electron chi connectivity index (χ4n) is 4.43. The molecule has 2 aromatic carbocycles. The van der Waals surface area contributed by atoms with Gasteiger partial charge in [0.25, 0.3) is 0 Å². The molecule has 0 unspecified atom stereocenters. The molecule has 0 bridgehead atoms. The minimum atomic E-state index is -0.0211. The van der Waals surface area contributed by atoms with E-state index in [4.69, 9.17) is 19.2 Å². The fourth-order valence-corrected chi connectivity index (χ4v) is 4.43. The van der Waals surface area contributed by atoms with Crippen molar-refractivity contribution in [3.05, 3.63) is 60.8 Å². The molecule has 11 nitrogen and oxygen atoms in total. The van der Waals surface area contributed by atoms with Gasteiger partial charge in [0.2, 0.25) is 5.95 Å². The number of rotatable bonds is 7. The van der Waals surface area contributed by atoms with Crippen LogP contribution < -0.4 is 15.0 Å². The molecule has 5 aromatic rings.